The van der Waals surface area contributed by atoms with Crippen molar-refractivity contribution >= 4 is 17.5 Å². The molecule has 2 aliphatic rings. The summed E-state index contributed by atoms with van der Waals surface area (Å²) in [5, 5.41) is 12.5. The first kappa shape index (κ1) is 19.2. The van der Waals surface area contributed by atoms with Crippen LogP contribution in [0.3, 0.4) is 0 Å². The van der Waals surface area contributed by atoms with E-state index < -0.39 is 6.29 Å². The average molecular weight is 380 g/mol. The average Bonchev–Trinajstić information content (AvgIpc) is 3.48. The smallest absolute Gasteiger partial charge is 0.286 e. The summed E-state index contributed by atoms with van der Waals surface area (Å²) in [5.41, 5.74) is 1.08. The Morgan fingerprint density at radius 1 is 1.27 bits per heavy atom. The SMILES string of the molecule is O=C(NCC1CC1)C1=C[C@@H](c2ccc(Cl)cc2)C[C@@H](OCCCCO)O1. The molecule has 1 heterocycles. The zero-order valence-electron chi connectivity index (χ0n) is 14.8. The first-order valence-corrected chi connectivity index (χ1v) is 9.68. The van der Waals surface area contributed by atoms with Crippen molar-refractivity contribution in [3.05, 3.63) is 46.7 Å². The first-order valence-electron chi connectivity index (χ1n) is 9.30. The molecule has 3 rings (SSSR count). The molecule has 26 heavy (non-hydrogen) atoms. The summed E-state index contributed by atoms with van der Waals surface area (Å²) < 4.78 is 11.6. The van der Waals surface area contributed by atoms with Gasteiger partial charge in [0.2, 0.25) is 6.29 Å². The molecule has 1 aromatic rings. The van der Waals surface area contributed by atoms with Crippen molar-refractivity contribution in [1.29, 1.82) is 0 Å². The van der Waals surface area contributed by atoms with E-state index in [1.807, 2.05) is 30.3 Å². The van der Waals surface area contributed by atoms with Crippen LogP contribution in [0.5, 0.6) is 0 Å². The fourth-order valence-electron chi connectivity index (χ4n) is 2.94. The van der Waals surface area contributed by atoms with Crippen LogP contribution in [0, 0.1) is 5.92 Å². The maximum Gasteiger partial charge on any atom is 0.286 e. The van der Waals surface area contributed by atoms with Crippen molar-refractivity contribution < 1.29 is 19.4 Å². The maximum absolute atomic E-state index is 12.5. The van der Waals surface area contributed by atoms with Gasteiger partial charge < -0.3 is 19.9 Å². The topological polar surface area (TPSA) is 67.8 Å². The van der Waals surface area contributed by atoms with Crippen LogP contribution in [0.25, 0.3) is 0 Å². The van der Waals surface area contributed by atoms with E-state index in [0.717, 1.165) is 12.0 Å². The van der Waals surface area contributed by atoms with Crippen LogP contribution in [-0.2, 0) is 14.3 Å². The highest BCUT2D eigenvalue weighted by Crippen LogP contribution is 2.32. The molecule has 0 radical (unpaired) electrons. The van der Waals surface area contributed by atoms with Crippen LogP contribution < -0.4 is 5.32 Å². The maximum atomic E-state index is 12.5. The van der Waals surface area contributed by atoms with E-state index in [-0.39, 0.29) is 18.4 Å². The van der Waals surface area contributed by atoms with Crippen molar-refractivity contribution in [2.45, 2.75) is 44.3 Å². The molecule has 5 nitrogen and oxygen atoms in total. The summed E-state index contributed by atoms with van der Waals surface area (Å²) in [7, 11) is 0. The van der Waals surface area contributed by atoms with Crippen molar-refractivity contribution in [2.24, 2.45) is 5.92 Å². The highest BCUT2D eigenvalue weighted by molar-refractivity contribution is 6.30. The van der Waals surface area contributed by atoms with Crippen LogP contribution in [0.1, 0.15) is 43.6 Å². The Labute approximate surface area is 159 Å². The molecular formula is C20H26ClNO4. The molecule has 1 aromatic carbocycles. The van der Waals surface area contributed by atoms with Crippen LogP contribution in [0.2, 0.25) is 5.02 Å². The molecule has 1 aliphatic carbocycles. The summed E-state index contributed by atoms with van der Waals surface area (Å²) >= 11 is 5.98. The molecule has 1 saturated carbocycles. The molecule has 2 atom stereocenters. The Morgan fingerprint density at radius 3 is 2.73 bits per heavy atom. The zero-order valence-corrected chi connectivity index (χ0v) is 15.6. The van der Waals surface area contributed by atoms with Gasteiger partial charge in [-0.15, -0.1) is 0 Å². The number of amides is 1. The summed E-state index contributed by atoms with van der Waals surface area (Å²) in [5.74, 6) is 0.787. The molecule has 0 unspecified atom stereocenters. The van der Waals surface area contributed by atoms with Crippen molar-refractivity contribution in [2.75, 3.05) is 19.8 Å². The molecule has 1 aliphatic heterocycles. The van der Waals surface area contributed by atoms with Gasteiger partial charge in [-0.05, 0) is 55.4 Å². The van der Waals surface area contributed by atoms with E-state index in [0.29, 0.717) is 42.7 Å². The van der Waals surface area contributed by atoms with Gasteiger partial charge in [-0.1, -0.05) is 23.7 Å². The number of carbonyl (C=O) groups is 1. The number of unbranched alkanes of at least 4 members (excludes halogenated alkanes) is 1. The van der Waals surface area contributed by atoms with Crippen LogP contribution in [0.4, 0.5) is 0 Å². The second-order valence-electron chi connectivity index (χ2n) is 6.93. The minimum Gasteiger partial charge on any atom is -0.459 e. The number of nitrogens with one attached hydrogen (secondary N) is 1. The summed E-state index contributed by atoms with van der Waals surface area (Å²) in [6.07, 6.45) is 5.86. The first-order chi connectivity index (χ1) is 12.7. The Hall–Kier alpha value is -1.56. The van der Waals surface area contributed by atoms with Gasteiger partial charge in [0.1, 0.15) is 0 Å². The molecule has 0 bridgehead atoms. The number of halogens is 1. The van der Waals surface area contributed by atoms with E-state index >= 15 is 0 Å². The number of benzene rings is 1. The van der Waals surface area contributed by atoms with Crippen molar-refractivity contribution in [3.8, 4) is 0 Å². The molecule has 6 heteroatoms. The van der Waals surface area contributed by atoms with Gasteiger partial charge in [0.25, 0.3) is 5.91 Å². The van der Waals surface area contributed by atoms with Gasteiger partial charge in [-0.25, -0.2) is 0 Å². The number of hydrogen-bond donors (Lipinski definition) is 2. The number of hydrogen-bond acceptors (Lipinski definition) is 4. The lowest BCUT2D eigenvalue weighted by Crippen LogP contribution is -2.34. The summed E-state index contributed by atoms with van der Waals surface area (Å²) in [6.45, 7) is 1.35. The van der Waals surface area contributed by atoms with Crippen LogP contribution in [-0.4, -0.2) is 37.1 Å². The highest BCUT2D eigenvalue weighted by Gasteiger charge is 2.29. The Balaban J connectivity index is 1.66. The fraction of sp³-hybridized carbons (Fsp3) is 0.550. The molecular weight excluding hydrogens is 354 g/mol. The molecule has 0 aromatic heterocycles. The predicted octanol–water partition coefficient (Wildman–Crippen LogP) is 3.37. The van der Waals surface area contributed by atoms with Crippen LogP contribution >= 0.6 is 11.6 Å². The van der Waals surface area contributed by atoms with Gasteiger partial charge >= 0.3 is 0 Å². The lowest BCUT2D eigenvalue weighted by molar-refractivity contribution is -0.146. The highest BCUT2D eigenvalue weighted by atomic mass is 35.5. The number of aliphatic hydroxyl groups excluding tert-OH is 1. The Kier molecular flexibility index (Phi) is 6.94. The number of ether oxygens (including phenoxy) is 2. The van der Waals surface area contributed by atoms with Gasteiger partial charge in [0, 0.05) is 30.5 Å². The van der Waals surface area contributed by atoms with Gasteiger partial charge in [-0.2, -0.15) is 0 Å². The minimum absolute atomic E-state index is 0.0329. The molecule has 0 spiro atoms. The number of carbonyl (C=O) groups excluding carboxylic acids is 1. The molecule has 1 fully saturated rings. The minimum atomic E-state index is -0.471. The van der Waals surface area contributed by atoms with Gasteiger partial charge in [0.15, 0.2) is 5.76 Å². The van der Waals surface area contributed by atoms with E-state index in [4.69, 9.17) is 26.2 Å². The second kappa shape index (κ2) is 9.40. The number of allylic oxidation sites excluding steroid dienone is 1. The summed E-state index contributed by atoms with van der Waals surface area (Å²) in [4.78, 5) is 12.5. The molecule has 0 saturated heterocycles. The van der Waals surface area contributed by atoms with Crippen molar-refractivity contribution in [1.82, 2.24) is 5.32 Å². The van der Waals surface area contributed by atoms with Crippen LogP contribution in [0.15, 0.2) is 36.1 Å². The zero-order chi connectivity index (χ0) is 18.4. The summed E-state index contributed by atoms with van der Waals surface area (Å²) in [6, 6.07) is 7.64. The second-order valence-corrected chi connectivity index (χ2v) is 7.36. The Morgan fingerprint density at radius 2 is 2.04 bits per heavy atom. The normalized spacial score (nSPS) is 22.5. The standard InChI is InChI=1S/C20H26ClNO4/c21-17-7-5-15(6-8-17)16-11-18(20(24)22-13-14-3-4-14)26-19(12-16)25-10-2-1-9-23/h5-8,11,14,16,19,23H,1-4,9-10,12-13H2,(H,22,24)/t16-,19+/m1/s1. The van der Waals surface area contributed by atoms with Gasteiger partial charge in [0.05, 0.1) is 6.61 Å². The fourth-order valence-corrected chi connectivity index (χ4v) is 3.06. The monoisotopic (exact) mass is 379 g/mol. The molecule has 142 valence electrons. The third kappa shape index (κ3) is 5.73. The number of rotatable bonds is 9. The predicted molar refractivity (Wildman–Crippen MR) is 99.8 cm³/mol. The lowest BCUT2D eigenvalue weighted by Gasteiger charge is -2.29. The Bertz CT molecular complexity index is 627. The van der Waals surface area contributed by atoms with Gasteiger partial charge in [-0.3, -0.25) is 4.79 Å². The third-order valence-electron chi connectivity index (χ3n) is 4.68. The van der Waals surface area contributed by atoms with E-state index in [9.17, 15) is 4.79 Å². The van der Waals surface area contributed by atoms with E-state index in [1.54, 1.807) is 0 Å². The quantitative estimate of drug-likeness (QED) is 0.645. The van der Waals surface area contributed by atoms with E-state index in [2.05, 4.69) is 5.32 Å². The van der Waals surface area contributed by atoms with E-state index in [1.165, 1.54) is 12.8 Å². The largest absolute Gasteiger partial charge is 0.459 e. The number of aliphatic hydroxyl groups is 1. The molecule has 1 amide bonds. The van der Waals surface area contributed by atoms with Crippen molar-refractivity contribution in [3.63, 3.8) is 0 Å². The lowest BCUT2D eigenvalue weighted by atomic mass is 9.93. The molecule has 2 N–H and O–H groups in total. The third-order valence-corrected chi connectivity index (χ3v) is 4.94.